The molecule has 0 spiro atoms. The molecule has 0 amide bonds. The van der Waals surface area contributed by atoms with Gasteiger partial charge in [-0.1, -0.05) is 18.2 Å². The minimum Gasteiger partial charge on any atom is -0.361 e. The summed E-state index contributed by atoms with van der Waals surface area (Å²) in [6.07, 6.45) is 7.65. The molecular weight excluding hydrogens is 403 g/mol. The van der Waals surface area contributed by atoms with Gasteiger partial charge in [0.1, 0.15) is 18.5 Å². The summed E-state index contributed by atoms with van der Waals surface area (Å²) >= 11 is 0. The van der Waals surface area contributed by atoms with Crippen molar-refractivity contribution in [3.8, 4) is 0 Å². The van der Waals surface area contributed by atoms with Crippen LogP contribution in [0.15, 0.2) is 61.3 Å². The smallest absolute Gasteiger partial charge is 0.137 e. The molecular formula is C25H29FN6. The van der Waals surface area contributed by atoms with Crippen molar-refractivity contribution in [3.05, 3.63) is 83.8 Å². The Morgan fingerprint density at radius 3 is 2.78 bits per heavy atom. The third-order valence-electron chi connectivity index (χ3n) is 6.57. The van der Waals surface area contributed by atoms with Gasteiger partial charge in [0.25, 0.3) is 0 Å². The fourth-order valence-electron chi connectivity index (χ4n) is 4.68. The molecule has 0 radical (unpaired) electrons. The molecule has 1 atom stereocenters. The van der Waals surface area contributed by atoms with Gasteiger partial charge in [0.05, 0.1) is 6.54 Å². The van der Waals surface area contributed by atoms with Crippen LogP contribution in [-0.2, 0) is 19.5 Å². The van der Waals surface area contributed by atoms with Gasteiger partial charge in [0.15, 0.2) is 0 Å². The van der Waals surface area contributed by atoms with Gasteiger partial charge in [-0.05, 0) is 60.8 Å². The summed E-state index contributed by atoms with van der Waals surface area (Å²) in [6.45, 7) is 4.79. The van der Waals surface area contributed by atoms with E-state index in [1.807, 2.05) is 16.8 Å². The number of hydrogen-bond acceptors (Lipinski definition) is 4. The van der Waals surface area contributed by atoms with Crippen molar-refractivity contribution < 1.29 is 4.39 Å². The summed E-state index contributed by atoms with van der Waals surface area (Å²) in [5.41, 5.74) is 4.93. The third-order valence-corrected chi connectivity index (χ3v) is 6.57. The molecule has 32 heavy (non-hydrogen) atoms. The van der Waals surface area contributed by atoms with Crippen molar-refractivity contribution in [1.82, 2.24) is 29.5 Å². The first kappa shape index (κ1) is 20.8. The van der Waals surface area contributed by atoms with Crippen molar-refractivity contribution in [2.75, 3.05) is 26.7 Å². The van der Waals surface area contributed by atoms with Gasteiger partial charge in [-0.25, -0.2) is 14.1 Å². The molecule has 4 aromatic rings. The van der Waals surface area contributed by atoms with Crippen molar-refractivity contribution in [2.45, 2.75) is 32.0 Å². The Labute approximate surface area is 187 Å². The number of aromatic nitrogens is 4. The lowest BCUT2D eigenvalue weighted by Gasteiger charge is -2.24. The molecule has 166 valence electrons. The van der Waals surface area contributed by atoms with Crippen LogP contribution in [0.25, 0.3) is 10.9 Å². The highest BCUT2D eigenvalue weighted by Gasteiger charge is 2.25. The van der Waals surface area contributed by atoms with Gasteiger partial charge in [0.2, 0.25) is 0 Å². The first-order chi connectivity index (χ1) is 15.6. The van der Waals surface area contributed by atoms with E-state index in [9.17, 15) is 4.39 Å². The Bertz CT molecular complexity index is 1150. The molecule has 1 unspecified atom stereocenters. The number of hydrogen-bond donors (Lipinski definition) is 1. The SMILES string of the molecule is CN(CCc1c[nH]c2ccc(Cn3cncn3)cc12)C1CCN(Cc2ccc(F)cc2)C1. The van der Waals surface area contributed by atoms with Gasteiger partial charge in [0, 0.05) is 49.3 Å². The molecule has 3 heterocycles. The standard InChI is InChI=1S/C25H29FN6/c1-30(23-9-11-31(16-23)14-19-2-5-22(26)6-3-19)10-8-21-13-28-25-7-4-20(12-24(21)25)15-32-18-27-17-29-32/h2-7,12-13,17-18,23,28H,8-11,14-16H2,1H3. The van der Waals surface area contributed by atoms with E-state index >= 15 is 0 Å². The number of nitrogens with zero attached hydrogens (tertiary/aromatic N) is 5. The predicted octanol–water partition coefficient (Wildman–Crippen LogP) is 3.70. The van der Waals surface area contributed by atoms with Crippen molar-refractivity contribution in [2.24, 2.45) is 0 Å². The van der Waals surface area contributed by atoms with E-state index in [-0.39, 0.29) is 5.82 Å². The zero-order chi connectivity index (χ0) is 21.9. The molecule has 1 aliphatic heterocycles. The second-order valence-electron chi connectivity index (χ2n) is 8.82. The van der Waals surface area contributed by atoms with Crippen LogP contribution >= 0.6 is 0 Å². The Balaban J connectivity index is 1.17. The van der Waals surface area contributed by atoms with E-state index in [1.54, 1.807) is 24.8 Å². The number of halogens is 1. The van der Waals surface area contributed by atoms with Gasteiger partial charge >= 0.3 is 0 Å². The average Bonchev–Trinajstić information content (AvgIpc) is 3.55. The second-order valence-corrected chi connectivity index (χ2v) is 8.82. The van der Waals surface area contributed by atoms with Crippen LogP contribution in [0.5, 0.6) is 0 Å². The van der Waals surface area contributed by atoms with Crippen molar-refractivity contribution in [3.63, 3.8) is 0 Å². The minimum absolute atomic E-state index is 0.171. The minimum atomic E-state index is -0.171. The number of likely N-dealkylation sites (N-methyl/N-ethyl adjacent to an activating group) is 1. The third kappa shape index (κ3) is 4.74. The van der Waals surface area contributed by atoms with E-state index in [2.05, 4.69) is 56.3 Å². The lowest BCUT2D eigenvalue weighted by Crippen LogP contribution is -2.35. The molecule has 1 fully saturated rings. The quantitative estimate of drug-likeness (QED) is 0.461. The summed E-state index contributed by atoms with van der Waals surface area (Å²) in [6, 6.07) is 14.0. The van der Waals surface area contributed by atoms with E-state index in [0.717, 1.165) is 39.1 Å². The van der Waals surface area contributed by atoms with Gasteiger partial charge in [-0.3, -0.25) is 4.90 Å². The molecule has 5 rings (SSSR count). The first-order valence-corrected chi connectivity index (χ1v) is 11.2. The second kappa shape index (κ2) is 9.22. The molecule has 2 aromatic carbocycles. The molecule has 2 aromatic heterocycles. The van der Waals surface area contributed by atoms with E-state index < -0.39 is 0 Å². The van der Waals surface area contributed by atoms with E-state index in [4.69, 9.17) is 0 Å². The lowest BCUT2D eigenvalue weighted by molar-refractivity contribution is 0.231. The molecule has 7 heteroatoms. The maximum Gasteiger partial charge on any atom is 0.137 e. The summed E-state index contributed by atoms with van der Waals surface area (Å²) in [4.78, 5) is 12.4. The number of aromatic amines is 1. The van der Waals surface area contributed by atoms with E-state index in [0.29, 0.717) is 6.04 Å². The summed E-state index contributed by atoms with van der Waals surface area (Å²) in [7, 11) is 2.23. The molecule has 1 aliphatic rings. The summed E-state index contributed by atoms with van der Waals surface area (Å²) in [5, 5.41) is 5.50. The summed E-state index contributed by atoms with van der Waals surface area (Å²) in [5.74, 6) is -0.171. The Hall–Kier alpha value is -3.03. The Morgan fingerprint density at radius 2 is 1.97 bits per heavy atom. The van der Waals surface area contributed by atoms with Gasteiger partial charge in [-0.2, -0.15) is 5.10 Å². The van der Waals surface area contributed by atoms with Crippen LogP contribution in [0.3, 0.4) is 0 Å². The number of fused-ring (bicyclic) bond motifs is 1. The predicted molar refractivity (Wildman–Crippen MR) is 124 cm³/mol. The van der Waals surface area contributed by atoms with Crippen LogP contribution in [0.2, 0.25) is 0 Å². The van der Waals surface area contributed by atoms with Crippen LogP contribution in [0.1, 0.15) is 23.1 Å². The monoisotopic (exact) mass is 432 g/mol. The first-order valence-electron chi connectivity index (χ1n) is 11.2. The fraction of sp³-hybridized carbons (Fsp3) is 0.360. The Kier molecular flexibility index (Phi) is 6.01. The molecule has 0 saturated carbocycles. The molecule has 0 aliphatic carbocycles. The number of nitrogens with one attached hydrogen (secondary N) is 1. The van der Waals surface area contributed by atoms with Gasteiger partial charge in [-0.15, -0.1) is 0 Å². The van der Waals surface area contributed by atoms with Crippen LogP contribution in [0, 0.1) is 5.82 Å². The van der Waals surface area contributed by atoms with Crippen molar-refractivity contribution in [1.29, 1.82) is 0 Å². The highest BCUT2D eigenvalue weighted by atomic mass is 19.1. The zero-order valence-electron chi connectivity index (χ0n) is 18.4. The molecule has 6 nitrogen and oxygen atoms in total. The Morgan fingerprint density at radius 1 is 1.12 bits per heavy atom. The maximum absolute atomic E-state index is 13.1. The molecule has 1 saturated heterocycles. The highest BCUT2D eigenvalue weighted by molar-refractivity contribution is 5.83. The number of rotatable bonds is 8. The number of H-pyrrole nitrogens is 1. The van der Waals surface area contributed by atoms with E-state index in [1.165, 1.54) is 34.0 Å². The van der Waals surface area contributed by atoms with Crippen LogP contribution < -0.4 is 0 Å². The van der Waals surface area contributed by atoms with Gasteiger partial charge < -0.3 is 9.88 Å². The summed E-state index contributed by atoms with van der Waals surface area (Å²) < 4.78 is 15.0. The maximum atomic E-state index is 13.1. The zero-order valence-corrected chi connectivity index (χ0v) is 18.4. The number of benzene rings is 2. The number of likely N-dealkylation sites (tertiary alicyclic amines) is 1. The van der Waals surface area contributed by atoms with Crippen LogP contribution in [0.4, 0.5) is 4.39 Å². The normalized spacial score (nSPS) is 17.0. The largest absolute Gasteiger partial charge is 0.361 e. The topological polar surface area (TPSA) is 53.0 Å². The fourth-order valence-corrected chi connectivity index (χ4v) is 4.68. The van der Waals surface area contributed by atoms with Crippen LogP contribution in [-0.4, -0.2) is 62.3 Å². The molecule has 1 N–H and O–H groups in total. The molecule has 0 bridgehead atoms. The van der Waals surface area contributed by atoms with Crippen molar-refractivity contribution >= 4 is 10.9 Å². The highest BCUT2D eigenvalue weighted by Crippen LogP contribution is 2.22. The average molecular weight is 433 g/mol. The lowest BCUT2D eigenvalue weighted by atomic mass is 10.1.